The van der Waals surface area contributed by atoms with Gasteiger partial charge in [0.05, 0.1) is 28.2 Å². The lowest BCUT2D eigenvalue weighted by Gasteiger charge is -2.12. The van der Waals surface area contributed by atoms with Gasteiger partial charge in [0.15, 0.2) is 5.65 Å². The number of aromatic amines is 1. The van der Waals surface area contributed by atoms with E-state index in [1.165, 1.54) is 22.8 Å². The number of carbonyl (C=O) groups is 3. The van der Waals surface area contributed by atoms with E-state index < -0.39 is 23.3 Å². The van der Waals surface area contributed by atoms with Gasteiger partial charge in [0.1, 0.15) is 5.56 Å². The highest BCUT2D eigenvalue weighted by Gasteiger charge is 2.39. The molecule has 2 aromatic carbocycles. The summed E-state index contributed by atoms with van der Waals surface area (Å²) >= 11 is 0. The van der Waals surface area contributed by atoms with Gasteiger partial charge in [-0.25, -0.2) is 9.31 Å². The standard InChI is InChI=1S/C19H10N4O5/c24-16-12-7-3-4-8-14(12)22-15(21-16)13(9-20-22)19(27)28-23-17(25)10-5-1-2-6-11(10)18(23)26/h1-9H,(H,21,24). The molecule has 0 fully saturated rings. The molecule has 2 amide bonds. The van der Waals surface area contributed by atoms with E-state index in [0.717, 1.165) is 0 Å². The Labute approximate surface area is 155 Å². The number of rotatable bonds is 2. The van der Waals surface area contributed by atoms with Crippen LogP contribution in [-0.4, -0.2) is 37.4 Å². The normalized spacial score (nSPS) is 13.4. The number of H-pyrrole nitrogens is 1. The summed E-state index contributed by atoms with van der Waals surface area (Å²) in [5.74, 6) is -2.45. The van der Waals surface area contributed by atoms with Crippen molar-refractivity contribution in [2.24, 2.45) is 0 Å². The minimum absolute atomic E-state index is 0.0839. The quantitative estimate of drug-likeness (QED) is 0.533. The SMILES string of the molecule is O=C(ON1C(=O)c2ccccc2C1=O)c1cnn2c1[nH]c(=O)c1ccccc12. The van der Waals surface area contributed by atoms with Crippen LogP contribution in [0.3, 0.4) is 0 Å². The second-order valence-corrected chi connectivity index (χ2v) is 6.12. The Bertz CT molecular complexity index is 1350. The summed E-state index contributed by atoms with van der Waals surface area (Å²) in [6, 6.07) is 12.9. The predicted octanol–water partition coefficient (Wildman–Crippen LogP) is 1.54. The number of hydrogen-bond donors (Lipinski definition) is 1. The average molecular weight is 374 g/mol. The highest BCUT2D eigenvalue weighted by molar-refractivity contribution is 6.21. The topological polar surface area (TPSA) is 114 Å². The van der Waals surface area contributed by atoms with Crippen molar-refractivity contribution in [2.45, 2.75) is 0 Å². The number of imide groups is 1. The molecule has 9 nitrogen and oxygen atoms in total. The van der Waals surface area contributed by atoms with Crippen LogP contribution < -0.4 is 5.56 Å². The number of nitrogens with zero attached hydrogens (tertiary/aromatic N) is 3. The van der Waals surface area contributed by atoms with E-state index in [0.29, 0.717) is 16.0 Å². The van der Waals surface area contributed by atoms with Crippen molar-refractivity contribution in [1.29, 1.82) is 0 Å². The van der Waals surface area contributed by atoms with Crippen molar-refractivity contribution >= 4 is 34.3 Å². The van der Waals surface area contributed by atoms with E-state index in [1.807, 2.05) is 0 Å². The zero-order valence-corrected chi connectivity index (χ0v) is 14.1. The Balaban J connectivity index is 1.55. The largest absolute Gasteiger partial charge is 0.369 e. The molecule has 4 aromatic rings. The summed E-state index contributed by atoms with van der Waals surface area (Å²) in [5, 5.41) is 4.93. The molecule has 1 aliphatic rings. The number of aromatic nitrogens is 3. The molecular formula is C19H10N4O5. The van der Waals surface area contributed by atoms with Crippen molar-refractivity contribution in [3.8, 4) is 0 Å². The smallest absolute Gasteiger partial charge is 0.324 e. The molecule has 3 heterocycles. The Morgan fingerprint density at radius 3 is 2.29 bits per heavy atom. The fourth-order valence-corrected chi connectivity index (χ4v) is 3.21. The van der Waals surface area contributed by atoms with Gasteiger partial charge < -0.3 is 9.82 Å². The Morgan fingerprint density at radius 2 is 1.57 bits per heavy atom. The van der Waals surface area contributed by atoms with E-state index in [9.17, 15) is 19.2 Å². The fraction of sp³-hybridized carbons (Fsp3) is 0. The Kier molecular flexibility index (Phi) is 3.20. The third-order valence-corrected chi connectivity index (χ3v) is 4.53. The highest BCUT2D eigenvalue weighted by Crippen LogP contribution is 2.24. The summed E-state index contributed by atoms with van der Waals surface area (Å²) in [7, 11) is 0. The Hall–Kier alpha value is -4.27. The molecule has 0 radical (unpaired) electrons. The van der Waals surface area contributed by atoms with Crippen LogP contribution in [0.2, 0.25) is 0 Å². The molecule has 0 saturated heterocycles. The molecule has 2 aromatic heterocycles. The van der Waals surface area contributed by atoms with Crippen LogP contribution in [-0.2, 0) is 4.84 Å². The van der Waals surface area contributed by atoms with E-state index >= 15 is 0 Å². The molecule has 0 saturated carbocycles. The van der Waals surface area contributed by atoms with Gasteiger partial charge in [-0.2, -0.15) is 5.10 Å². The molecule has 0 bridgehead atoms. The first-order valence-corrected chi connectivity index (χ1v) is 8.25. The van der Waals surface area contributed by atoms with Gasteiger partial charge in [-0.05, 0) is 24.3 Å². The van der Waals surface area contributed by atoms with Crippen LogP contribution >= 0.6 is 0 Å². The van der Waals surface area contributed by atoms with Crippen molar-refractivity contribution in [2.75, 3.05) is 0 Å². The monoisotopic (exact) mass is 374 g/mol. The number of para-hydroxylation sites is 1. The van der Waals surface area contributed by atoms with Gasteiger partial charge in [0.25, 0.3) is 17.4 Å². The van der Waals surface area contributed by atoms with Gasteiger partial charge in [-0.1, -0.05) is 29.3 Å². The van der Waals surface area contributed by atoms with Gasteiger partial charge in [-0.15, -0.1) is 0 Å². The first-order valence-electron chi connectivity index (χ1n) is 8.25. The number of benzene rings is 2. The molecule has 136 valence electrons. The van der Waals surface area contributed by atoms with E-state index in [2.05, 4.69) is 10.1 Å². The van der Waals surface area contributed by atoms with Crippen molar-refractivity contribution < 1.29 is 19.2 Å². The third-order valence-electron chi connectivity index (χ3n) is 4.53. The maximum Gasteiger partial charge on any atom is 0.369 e. The summed E-state index contributed by atoms with van der Waals surface area (Å²) in [6.45, 7) is 0. The van der Waals surface area contributed by atoms with E-state index in [1.54, 1.807) is 36.4 Å². The fourth-order valence-electron chi connectivity index (χ4n) is 3.21. The summed E-state index contributed by atoms with van der Waals surface area (Å²) < 4.78 is 1.38. The lowest BCUT2D eigenvalue weighted by molar-refractivity contribution is -0.0583. The predicted molar refractivity (Wildman–Crippen MR) is 95.7 cm³/mol. The summed E-state index contributed by atoms with van der Waals surface area (Å²) in [6.07, 6.45) is 1.21. The minimum atomic E-state index is -0.990. The maximum atomic E-state index is 12.6. The van der Waals surface area contributed by atoms with Crippen LogP contribution in [0.4, 0.5) is 0 Å². The number of hydroxylamine groups is 2. The number of nitrogens with one attached hydrogen (secondary N) is 1. The summed E-state index contributed by atoms with van der Waals surface area (Å²) in [4.78, 5) is 57.3. The lowest BCUT2D eigenvalue weighted by atomic mass is 10.1. The number of amides is 2. The first kappa shape index (κ1) is 15.9. The van der Waals surface area contributed by atoms with Crippen LogP contribution in [0.5, 0.6) is 0 Å². The molecule has 28 heavy (non-hydrogen) atoms. The van der Waals surface area contributed by atoms with Crippen LogP contribution in [0.25, 0.3) is 16.6 Å². The number of fused-ring (bicyclic) bond motifs is 4. The second kappa shape index (κ2) is 5.61. The average Bonchev–Trinajstić information content (AvgIpc) is 3.24. The molecule has 1 N–H and O–H groups in total. The van der Waals surface area contributed by atoms with Crippen LogP contribution in [0.1, 0.15) is 31.1 Å². The maximum absolute atomic E-state index is 12.6. The van der Waals surface area contributed by atoms with Gasteiger partial charge >= 0.3 is 5.97 Å². The van der Waals surface area contributed by atoms with E-state index in [-0.39, 0.29) is 22.3 Å². The third kappa shape index (κ3) is 2.10. The lowest BCUT2D eigenvalue weighted by Crippen LogP contribution is -2.32. The van der Waals surface area contributed by atoms with Crippen LogP contribution in [0.15, 0.2) is 59.5 Å². The van der Waals surface area contributed by atoms with Crippen molar-refractivity contribution in [1.82, 2.24) is 19.7 Å². The molecule has 0 atom stereocenters. The van der Waals surface area contributed by atoms with Crippen molar-refractivity contribution in [3.05, 3.63) is 81.8 Å². The van der Waals surface area contributed by atoms with Crippen molar-refractivity contribution in [3.63, 3.8) is 0 Å². The second-order valence-electron chi connectivity index (χ2n) is 6.12. The molecule has 0 spiro atoms. The van der Waals surface area contributed by atoms with Gasteiger partial charge in [0.2, 0.25) is 0 Å². The molecule has 5 rings (SSSR count). The zero-order valence-electron chi connectivity index (χ0n) is 14.1. The van der Waals surface area contributed by atoms with Crippen LogP contribution in [0, 0.1) is 0 Å². The van der Waals surface area contributed by atoms with E-state index in [4.69, 9.17) is 4.84 Å². The number of carbonyl (C=O) groups excluding carboxylic acids is 3. The minimum Gasteiger partial charge on any atom is -0.324 e. The molecule has 9 heteroatoms. The molecule has 0 unspecified atom stereocenters. The summed E-state index contributed by atoms with van der Waals surface area (Å²) in [5.41, 5.74) is 0.420. The first-order chi connectivity index (χ1) is 13.6. The molecule has 1 aliphatic heterocycles. The highest BCUT2D eigenvalue weighted by atomic mass is 16.7. The molecular weight excluding hydrogens is 364 g/mol. The number of hydrogen-bond acceptors (Lipinski definition) is 6. The Morgan fingerprint density at radius 1 is 0.929 bits per heavy atom. The zero-order chi connectivity index (χ0) is 19.4. The molecule has 0 aliphatic carbocycles. The van der Waals surface area contributed by atoms with Gasteiger partial charge in [0, 0.05) is 0 Å². The van der Waals surface area contributed by atoms with Gasteiger partial charge in [-0.3, -0.25) is 14.4 Å².